The molecule has 0 saturated carbocycles. The van der Waals surface area contributed by atoms with E-state index in [1.54, 1.807) is 66.7 Å². The number of carbonyl (C=O) groups is 2. The van der Waals surface area contributed by atoms with Gasteiger partial charge < -0.3 is 10.6 Å². The SMILES string of the molecule is O=C(Nc1ccc(NC(=O)c2cccc(Cl)c2Cl)cc1)c1cccc(Cl)c1. The fourth-order valence-electron chi connectivity index (χ4n) is 2.35. The Kier molecular flexibility index (Phi) is 6.01. The highest BCUT2D eigenvalue weighted by atomic mass is 35.5. The van der Waals surface area contributed by atoms with E-state index in [1.165, 1.54) is 0 Å². The molecule has 3 rings (SSSR count). The minimum Gasteiger partial charge on any atom is -0.322 e. The third kappa shape index (κ3) is 4.80. The number of amides is 2. The second-order valence-electron chi connectivity index (χ2n) is 5.60. The molecule has 136 valence electrons. The first-order valence-electron chi connectivity index (χ1n) is 7.86. The third-order valence-corrected chi connectivity index (χ3v) is 4.74. The van der Waals surface area contributed by atoms with Crippen molar-refractivity contribution in [1.82, 2.24) is 0 Å². The standard InChI is InChI=1S/C20H13Cl3N2O2/c21-13-4-1-3-12(11-13)19(26)24-14-7-9-15(10-8-14)25-20(27)16-5-2-6-17(22)18(16)23/h1-11H,(H,24,26)(H,25,27). The van der Waals surface area contributed by atoms with E-state index in [-0.39, 0.29) is 22.4 Å². The zero-order valence-electron chi connectivity index (χ0n) is 13.8. The van der Waals surface area contributed by atoms with Crippen LogP contribution in [0, 0.1) is 0 Å². The quantitative estimate of drug-likeness (QED) is 0.533. The van der Waals surface area contributed by atoms with Gasteiger partial charge in [-0.15, -0.1) is 0 Å². The normalized spacial score (nSPS) is 10.3. The van der Waals surface area contributed by atoms with Crippen molar-refractivity contribution in [3.05, 3.63) is 92.9 Å². The molecule has 0 aliphatic carbocycles. The van der Waals surface area contributed by atoms with Crippen LogP contribution in [0.4, 0.5) is 11.4 Å². The van der Waals surface area contributed by atoms with Crippen molar-refractivity contribution in [2.45, 2.75) is 0 Å². The van der Waals surface area contributed by atoms with Crippen LogP contribution in [0.3, 0.4) is 0 Å². The summed E-state index contributed by atoms with van der Waals surface area (Å²) in [5.74, 6) is -0.654. The van der Waals surface area contributed by atoms with Gasteiger partial charge in [0.2, 0.25) is 0 Å². The predicted octanol–water partition coefficient (Wildman–Crippen LogP) is 6.15. The number of rotatable bonds is 4. The van der Waals surface area contributed by atoms with Crippen molar-refractivity contribution in [1.29, 1.82) is 0 Å². The zero-order chi connectivity index (χ0) is 19.4. The molecule has 0 spiro atoms. The highest BCUT2D eigenvalue weighted by Crippen LogP contribution is 2.26. The van der Waals surface area contributed by atoms with E-state index in [2.05, 4.69) is 10.6 Å². The molecule has 0 aromatic heterocycles. The lowest BCUT2D eigenvalue weighted by Crippen LogP contribution is -2.13. The molecule has 0 radical (unpaired) electrons. The molecule has 0 saturated heterocycles. The van der Waals surface area contributed by atoms with Crippen LogP contribution in [0.25, 0.3) is 0 Å². The number of hydrogen-bond acceptors (Lipinski definition) is 2. The van der Waals surface area contributed by atoms with Gasteiger partial charge in [-0.2, -0.15) is 0 Å². The highest BCUT2D eigenvalue weighted by molar-refractivity contribution is 6.44. The summed E-state index contributed by atoms with van der Waals surface area (Å²) in [5, 5.41) is 6.49. The van der Waals surface area contributed by atoms with Crippen LogP contribution >= 0.6 is 34.8 Å². The Morgan fingerprint density at radius 3 is 1.93 bits per heavy atom. The van der Waals surface area contributed by atoms with Gasteiger partial charge in [-0.1, -0.05) is 46.9 Å². The van der Waals surface area contributed by atoms with Crippen molar-refractivity contribution >= 4 is 58.0 Å². The van der Waals surface area contributed by atoms with E-state index in [1.807, 2.05) is 0 Å². The van der Waals surface area contributed by atoms with E-state index < -0.39 is 0 Å². The van der Waals surface area contributed by atoms with Crippen LogP contribution in [-0.2, 0) is 0 Å². The molecule has 0 aliphatic rings. The van der Waals surface area contributed by atoms with Gasteiger partial charge >= 0.3 is 0 Å². The number of halogens is 3. The van der Waals surface area contributed by atoms with Gasteiger partial charge in [-0.25, -0.2) is 0 Å². The Labute approximate surface area is 171 Å². The number of benzene rings is 3. The Bertz CT molecular complexity index is 1000. The second kappa shape index (κ2) is 8.44. The van der Waals surface area contributed by atoms with Gasteiger partial charge in [0.1, 0.15) is 0 Å². The van der Waals surface area contributed by atoms with E-state index in [0.717, 1.165) is 0 Å². The molecule has 4 nitrogen and oxygen atoms in total. The Morgan fingerprint density at radius 1 is 0.704 bits per heavy atom. The van der Waals surface area contributed by atoms with E-state index in [4.69, 9.17) is 34.8 Å². The van der Waals surface area contributed by atoms with Crippen LogP contribution in [-0.4, -0.2) is 11.8 Å². The molecule has 0 atom stereocenters. The maximum Gasteiger partial charge on any atom is 0.257 e. The van der Waals surface area contributed by atoms with E-state index in [9.17, 15) is 9.59 Å². The summed E-state index contributed by atoms with van der Waals surface area (Å²) in [6.07, 6.45) is 0. The lowest BCUT2D eigenvalue weighted by molar-refractivity contribution is 0.101. The first-order chi connectivity index (χ1) is 12.9. The molecule has 0 unspecified atom stereocenters. The molecule has 7 heteroatoms. The molecule has 0 fully saturated rings. The van der Waals surface area contributed by atoms with E-state index >= 15 is 0 Å². The molecule has 0 heterocycles. The highest BCUT2D eigenvalue weighted by Gasteiger charge is 2.13. The van der Waals surface area contributed by atoms with Gasteiger partial charge in [-0.05, 0) is 54.6 Å². The van der Waals surface area contributed by atoms with Crippen molar-refractivity contribution in [2.75, 3.05) is 10.6 Å². The monoisotopic (exact) mass is 418 g/mol. The summed E-state index contributed by atoms with van der Waals surface area (Å²) in [6.45, 7) is 0. The zero-order valence-corrected chi connectivity index (χ0v) is 16.1. The summed E-state index contributed by atoms with van der Waals surface area (Å²) in [6, 6.07) is 18.2. The number of anilines is 2. The van der Waals surface area contributed by atoms with Crippen molar-refractivity contribution < 1.29 is 9.59 Å². The fourth-order valence-corrected chi connectivity index (χ4v) is 2.92. The minimum atomic E-state index is -0.377. The lowest BCUT2D eigenvalue weighted by Gasteiger charge is -2.09. The largest absolute Gasteiger partial charge is 0.322 e. The summed E-state index contributed by atoms with van der Waals surface area (Å²) >= 11 is 17.9. The van der Waals surface area contributed by atoms with Gasteiger partial charge in [0.25, 0.3) is 11.8 Å². The summed E-state index contributed by atoms with van der Waals surface area (Å²) in [5.41, 5.74) is 1.87. The summed E-state index contributed by atoms with van der Waals surface area (Å²) < 4.78 is 0. The van der Waals surface area contributed by atoms with Gasteiger partial charge in [0.15, 0.2) is 0 Å². The molecule has 27 heavy (non-hydrogen) atoms. The molecule has 2 N–H and O–H groups in total. The average Bonchev–Trinajstić information content (AvgIpc) is 2.65. The van der Waals surface area contributed by atoms with Crippen molar-refractivity contribution in [2.24, 2.45) is 0 Å². The molecule has 3 aromatic carbocycles. The lowest BCUT2D eigenvalue weighted by atomic mass is 10.2. The maximum atomic E-state index is 12.3. The van der Waals surface area contributed by atoms with Gasteiger partial charge in [0, 0.05) is 22.0 Å². The summed E-state index contributed by atoms with van der Waals surface area (Å²) in [4.78, 5) is 24.5. The fraction of sp³-hybridized carbons (Fsp3) is 0. The van der Waals surface area contributed by atoms with E-state index in [0.29, 0.717) is 27.0 Å². The van der Waals surface area contributed by atoms with Crippen molar-refractivity contribution in [3.63, 3.8) is 0 Å². The first kappa shape index (κ1) is 19.2. The van der Waals surface area contributed by atoms with Gasteiger partial charge in [-0.3, -0.25) is 9.59 Å². The minimum absolute atomic E-state index is 0.196. The number of hydrogen-bond donors (Lipinski definition) is 2. The Balaban J connectivity index is 1.67. The van der Waals surface area contributed by atoms with Gasteiger partial charge in [0.05, 0.1) is 15.6 Å². The molecule has 2 amide bonds. The Morgan fingerprint density at radius 2 is 1.30 bits per heavy atom. The van der Waals surface area contributed by atoms with Crippen LogP contribution < -0.4 is 10.6 Å². The number of carbonyl (C=O) groups excluding carboxylic acids is 2. The second-order valence-corrected chi connectivity index (χ2v) is 6.82. The summed E-state index contributed by atoms with van der Waals surface area (Å²) in [7, 11) is 0. The molecule has 0 bridgehead atoms. The average molecular weight is 420 g/mol. The molecular formula is C20H13Cl3N2O2. The third-order valence-electron chi connectivity index (χ3n) is 3.68. The first-order valence-corrected chi connectivity index (χ1v) is 9.00. The van der Waals surface area contributed by atoms with Crippen LogP contribution in [0.15, 0.2) is 66.7 Å². The topological polar surface area (TPSA) is 58.2 Å². The van der Waals surface area contributed by atoms with Crippen LogP contribution in [0.2, 0.25) is 15.1 Å². The van der Waals surface area contributed by atoms with Crippen molar-refractivity contribution in [3.8, 4) is 0 Å². The Hall–Kier alpha value is -2.53. The number of nitrogens with one attached hydrogen (secondary N) is 2. The molecular weight excluding hydrogens is 407 g/mol. The maximum absolute atomic E-state index is 12.3. The smallest absolute Gasteiger partial charge is 0.257 e. The molecule has 0 aliphatic heterocycles. The van der Waals surface area contributed by atoms with Crippen LogP contribution in [0.1, 0.15) is 20.7 Å². The predicted molar refractivity (Wildman–Crippen MR) is 110 cm³/mol. The van der Waals surface area contributed by atoms with Crippen LogP contribution in [0.5, 0.6) is 0 Å². The molecule has 3 aromatic rings.